The van der Waals surface area contributed by atoms with Gasteiger partial charge in [-0.3, -0.25) is 9.59 Å². The summed E-state index contributed by atoms with van der Waals surface area (Å²) in [5, 5.41) is 2.83. The highest BCUT2D eigenvalue weighted by atomic mass is 16.2. The number of hydrogen-bond acceptors (Lipinski definition) is 5. The molecule has 3 aromatic heterocycles. The molecule has 2 bridgehead atoms. The van der Waals surface area contributed by atoms with Crippen LogP contribution in [0.5, 0.6) is 0 Å². The van der Waals surface area contributed by atoms with Gasteiger partial charge >= 0.3 is 0 Å². The van der Waals surface area contributed by atoms with E-state index in [0.717, 1.165) is 43.3 Å². The third kappa shape index (κ3) is 3.73. The molecular formula is C23H26N6O2. The maximum Gasteiger partial charge on any atom is 0.263 e. The standard InChI is InChI=1S/C23H26N6O2/c1-2-27-14-18(26-15-27)10-25-22(30)19-6-7-20-17-9-16(12-29(20)23(19)31)11-28(13-17)21-5-3-4-8-24-21/h3-8,14-17H,2,9-13H2,1H3,(H,25,30)/t16-,17+/m0/s1. The van der Waals surface area contributed by atoms with Gasteiger partial charge in [-0.05, 0) is 43.5 Å². The molecule has 1 amide bonds. The van der Waals surface area contributed by atoms with Crippen molar-refractivity contribution in [3.05, 3.63) is 76.4 Å². The highest BCUT2D eigenvalue weighted by Gasteiger charge is 2.35. The van der Waals surface area contributed by atoms with Crippen LogP contribution in [0.15, 0.2) is 53.8 Å². The summed E-state index contributed by atoms with van der Waals surface area (Å²) < 4.78 is 3.76. The number of carbonyl (C=O) groups is 1. The minimum Gasteiger partial charge on any atom is -0.356 e. The molecule has 160 valence electrons. The second-order valence-electron chi connectivity index (χ2n) is 8.36. The molecule has 0 aromatic carbocycles. The zero-order valence-corrected chi connectivity index (χ0v) is 17.6. The lowest BCUT2D eigenvalue weighted by atomic mass is 9.83. The lowest BCUT2D eigenvalue weighted by Crippen LogP contribution is -2.48. The fraction of sp³-hybridized carbons (Fsp3) is 0.391. The predicted octanol–water partition coefficient (Wildman–Crippen LogP) is 2.01. The fourth-order valence-electron chi connectivity index (χ4n) is 4.78. The summed E-state index contributed by atoms with van der Waals surface area (Å²) in [6.45, 7) is 5.50. The van der Waals surface area contributed by atoms with Crippen LogP contribution < -0.4 is 15.8 Å². The Morgan fingerprint density at radius 2 is 2.06 bits per heavy atom. The lowest BCUT2D eigenvalue weighted by molar-refractivity contribution is 0.0947. The van der Waals surface area contributed by atoms with Crippen molar-refractivity contribution in [3.8, 4) is 0 Å². The van der Waals surface area contributed by atoms with Crippen molar-refractivity contribution in [2.24, 2.45) is 5.92 Å². The third-order valence-corrected chi connectivity index (χ3v) is 6.30. The molecule has 1 saturated heterocycles. The van der Waals surface area contributed by atoms with Gasteiger partial charge in [-0.2, -0.15) is 0 Å². The minimum absolute atomic E-state index is 0.195. The van der Waals surface area contributed by atoms with Crippen molar-refractivity contribution < 1.29 is 4.79 Å². The van der Waals surface area contributed by atoms with E-state index in [9.17, 15) is 9.59 Å². The van der Waals surface area contributed by atoms with Crippen LogP contribution in [0.2, 0.25) is 0 Å². The summed E-state index contributed by atoms with van der Waals surface area (Å²) in [5.41, 5.74) is 1.79. The Hall–Kier alpha value is -3.42. The number of nitrogens with zero attached hydrogens (tertiary/aromatic N) is 5. The number of hydrogen-bond donors (Lipinski definition) is 1. The van der Waals surface area contributed by atoms with Crippen LogP contribution in [-0.2, 0) is 19.6 Å². The smallest absolute Gasteiger partial charge is 0.263 e. The van der Waals surface area contributed by atoms with E-state index in [0.29, 0.717) is 19.0 Å². The van der Waals surface area contributed by atoms with E-state index in [-0.39, 0.29) is 22.9 Å². The first-order valence-electron chi connectivity index (χ1n) is 10.8. The van der Waals surface area contributed by atoms with E-state index in [1.165, 1.54) is 0 Å². The van der Waals surface area contributed by atoms with Gasteiger partial charge < -0.3 is 19.4 Å². The molecule has 31 heavy (non-hydrogen) atoms. The number of anilines is 1. The van der Waals surface area contributed by atoms with Crippen molar-refractivity contribution in [1.29, 1.82) is 0 Å². The minimum atomic E-state index is -0.350. The van der Waals surface area contributed by atoms with Crippen LogP contribution in [0.25, 0.3) is 0 Å². The molecule has 0 aliphatic carbocycles. The average molecular weight is 419 g/mol. The van der Waals surface area contributed by atoms with Crippen LogP contribution in [0.1, 0.15) is 41.0 Å². The van der Waals surface area contributed by atoms with Gasteiger partial charge in [-0.25, -0.2) is 9.97 Å². The van der Waals surface area contributed by atoms with Crippen molar-refractivity contribution in [3.63, 3.8) is 0 Å². The number of rotatable bonds is 5. The summed E-state index contributed by atoms with van der Waals surface area (Å²) in [7, 11) is 0. The monoisotopic (exact) mass is 418 g/mol. The number of imidazole rings is 1. The van der Waals surface area contributed by atoms with E-state index in [4.69, 9.17) is 0 Å². The number of nitrogens with one attached hydrogen (secondary N) is 1. The van der Waals surface area contributed by atoms with Crippen molar-refractivity contribution in [1.82, 2.24) is 24.4 Å². The normalized spacial score (nSPS) is 19.7. The first-order valence-corrected chi connectivity index (χ1v) is 10.8. The SMILES string of the molecule is CCn1cnc(CNC(=O)c2ccc3n(c2=O)C[C@H]2C[C@@H]3CN(c3ccccn3)C2)c1. The zero-order valence-electron chi connectivity index (χ0n) is 17.6. The molecule has 1 N–H and O–H groups in total. The number of pyridine rings is 2. The molecule has 5 rings (SSSR count). The summed E-state index contributed by atoms with van der Waals surface area (Å²) in [5.74, 6) is 1.26. The molecule has 0 radical (unpaired) electrons. The van der Waals surface area contributed by atoms with Gasteiger partial charge in [0.05, 0.1) is 18.6 Å². The van der Waals surface area contributed by atoms with Crippen molar-refractivity contribution in [2.75, 3.05) is 18.0 Å². The molecule has 2 aliphatic rings. The molecule has 8 nitrogen and oxygen atoms in total. The quantitative estimate of drug-likeness (QED) is 0.685. The Balaban J connectivity index is 1.34. The summed E-state index contributed by atoms with van der Waals surface area (Å²) >= 11 is 0. The van der Waals surface area contributed by atoms with E-state index >= 15 is 0 Å². The molecule has 0 saturated carbocycles. The lowest BCUT2D eigenvalue weighted by Gasteiger charge is -2.43. The van der Waals surface area contributed by atoms with Gasteiger partial charge in [0.1, 0.15) is 11.4 Å². The van der Waals surface area contributed by atoms with Gasteiger partial charge in [0.15, 0.2) is 0 Å². The average Bonchev–Trinajstić information content (AvgIpc) is 3.27. The first kappa shape index (κ1) is 19.5. The molecule has 0 spiro atoms. The Morgan fingerprint density at radius 1 is 1.16 bits per heavy atom. The van der Waals surface area contributed by atoms with E-state index in [2.05, 4.69) is 20.2 Å². The first-order chi connectivity index (χ1) is 15.1. The third-order valence-electron chi connectivity index (χ3n) is 6.30. The Labute approximate surface area is 180 Å². The number of aryl methyl sites for hydroxylation is 1. The van der Waals surface area contributed by atoms with Gasteiger partial charge in [-0.15, -0.1) is 0 Å². The number of amides is 1. The Bertz CT molecular complexity index is 1150. The highest BCUT2D eigenvalue weighted by Crippen LogP contribution is 2.36. The molecule has 8 heteroatoms. The largest absolute Gasteiger partial charge is 0.356 e. The van der Waals surface area contributed by atoms with Gasteiger partial charge in [0.2, 0.25) is 0 Å². The maximum atomic E-state index is 13.2. The molecule has 2 aliphatic heterocycles. The fourth-order valence-corrected chi connectivity index (χ4v) is 4.78. The van der Waals surface area contributed by atoms with Crippen molar-refractivity contribution in [2.45, 2.75) is 38.9 Å². The van der Waals surface area contributed by atoms with E-state index in [1.807, 2.05) is 52.7 Å². The Morgan fingerprint density at radius 3 is 2.84 bits per heavy atom. The Kier molecular flexibility index (Phi) is 5.05. The van der Waals surface area contributed by atoms with E-state index in [1.54, 1.807) is 12.4 Å². The summed E-state index contributed by atoms with van der Waals surface area (Å²) in [6.07, 6.45) is 6.51. The van der Waals surface area contributed by atoms with Gasteiger partial charge in [0.25, 0.3) is 11.5 Å². The predicted molar refractivity (Wildman–Crippen MR) is 117 cm³/mol. The second-order valence-corrected chi connectivity index (χ2v) is 8.36. The highest BCUT2D eigenvalue weighted by molar-refractivity contribution is 5.93. The van der Waals surface area contributed by atoms with Crippen LogP contribution in [0.4, 0.5) is 5.82 Å². The number of carbonyl (C=O) groups excluding carboxylic acids is 1. The van der Waals surface area contributed by atoms with Crippen LogP contribution in [0.3, 0.4) is 0 Å². The van der Waals surface area contributed by atoms with E-state index < -0.39 is 0 Å². The maximum absolute atomic E-state index is 13.2. The number of aromatic nitrogens is 4. The molecule has 5 heterocycles. The molecule has 0 unspecified atom stereocenters. The number of piperidine rings is 1. The van der Waals surface area contributed by atoms with Crippen LogP contribution in [0, 0.1) is 5.92 Å². The van der Waals surface area contributed by atoms with Crippen LogP contribution >= 0.6 is 0 Å². The molecule has 2 atom stereocenters. The molecular weight excluding hydrogens is 392 g/mol. The zero-order chi connectivity index (χ0) is 21.4. The second kappa shape index (κ2) is 8.02. The van der Waals surface area contributed by atoms with Gasteiger partial charge in [0, 0.05) is 50.2 Å². The molecule has 3 aromatic rings. The summed E-state index contributed by atoms with van der Waals surface area (Å²) in [6, 6.07) is 9.58. The summed E-state index contributed by atoms with van der Waals surface area (Å²) in [4.78, 5) is 36.9. The van der Waals surface area contributed by atoms with Crippen molar-refractivity contribution >= 4 is 11.7 Å². The topological polar surface area (TPSA) is 85.0 Å². The number of fused-ring (bicyclic) bond motifs is 4. The molecule has 1 fully saturated rings. The van der Waals surface area contributed by atoms with Gasteiger partial charge in [-0.1, -0.05) is 6.07 Å². The van der Waals surface area contributed by atoms with Crippen LogP contribution in [-0.4, -0.2) is 38.1 Å².